The van der Waals surface area contributed by atoms with Crippen LogP contribution in [0.25, 0.3) is 0 Å². The zero-order valence-corrected chi connectivity index (χ0v) is 13.3. The van der Waals surface area contributed by atoms with Crippen LogP contribution >= 0.6 is 0 Å². The molecular weight excluding hydrogens is 264 g/mol. The zero-order chi connectivity index (χ0) is 15.8. The first-order chi connectivity index (χ1) is 9.80. The summed E-state index contributed by atoms with van der Waals surface area (Å²) >= 11 is 0. The standard InChI is InChI=1S/C17H24N2O2/c1-5-6-10(2)14-11(9-18)16(19)21-13-8-17(3,4)7-12(20)15(13)14/h10,14H,5-8,19H2,1-4H3/t10-,14+/m1/s1. The fourth-order valence-electron chi connectivity index (χ4n) is 3.52. The van der Waals surface area contributed by atoms with Crippen molar-refractivity contribution in [3.63, 3.8) is 0 Å². The highest BCUT2D eigenvalue weighted by Crippen LogP contribution is 2.46. The van der Waals surface area contributed by atoms with Gasteiger partial charge in [0.25, 0.3) is 0 Å². The Balaban J connectivity index is 2.50. The molecule has 0 aromatic carbocycles. The molecule has 114 valence electrons. The maximum atomic E-state index is 12.6. The van der Waals surface area contributed by atoms with Crippen molar-refractivity contribution < 1.29 is 9.53 Å². The van der Waals surface area contributed by atoms with E-state index in [1.807, 2.05) is 0 Å². The van der Waals surface area contributed by atoms with Crippen molar-refractivity contribution in [2.75, 3.05) is 0 Å². The molecule has 1 aliphatic heterocycles. The van der Waals surface area contributed by atoms with Crippen molar-refractivity contribution in [2.45, 2.75) is 53.4 Å². The van der Waals surface area contributed by atoms with Gasteiger partial charge in [0.2, 0.25) is 5.88 Å². The lowest BCUT2D eigenvalue weighted by atomic mass is 9.68. The van der Waals surface area contributed by atoms with Gasteiger partial charge >= 0.3 is 0 Å². The minimum absolute atomic E-state index is 0.106. The molecule has 4 heteroatoms. The Morgan fingerprint density at radius 3 is 2.71 bits per heavy atom. The molecule has 0 spiro atoms. The zero-order valence-electron chi connectivity index (χ0n) is 13.3. The summed E-state index contributed by atoms with van der Waals surface area (Å²) in [6.45, 7) is 8.31. The van der Waals surface area contributed by atoms with Crippen molar-refractivity contribution in [3.05, 3.63) is 22.8 Å². The molecule has 21 heavy (non-hydrogen) atoms. The lowest BCUT2D eigenvalue weighted by Crippen LogP contribution is -2.36. The van der Waals surface area contributed by atoms with E-state index in [0.29, 0.717) is 29.7 Å². The second-order valence-electron chi connectivity index (χ2n) is 7.01. The molecule has 2 N–H and O–H groups in total. The van der Waals surface area contributed by atoms with Gasteiger partial charge < -0.3 is 10.5 Å². The molecule has 0 bridgehead atoms. The third-order valence-corrected chi connectivity index (χ3v) is 4.43. The van der Waals surface area contributed by atoms with E-state index in [1.165, 1.54) is 0 Å². The van der Waals surface area contributed by atoms with Gasteiger partial charge in [-0.2, -0.15) is 5.26 Å². The number of nitrogens with two attached hydrogens (primary N) is 1. The first-order valence-corrected chi connectivity index (χ1v) is 7.64. The largest absolute Gasteiger partial charge is 0.444 e. The molecular formula is C17H24N2O2. The van der Waals surface area contributed by atoms with Crippen LogP contribution in [0.2, 0.25) is 0 Å². The number of hydrogen-bond donors (Lipinski definition) is 1. The lowest BCUT2D eigenvalue weighted by molar-refractivity contribution is -0.119. The lowest BCUT2D eigenvalue weighted by Gasteiger charge is -2.38. The van der Waals surface area contributed by atoms with Crippen LogP contribution in [-0.2, 0) is 9.53 Å². The Kier molecular flexibility index (Phi) is 4.13. The second kappa shape index (κ2) is 5.55. The summed E-state index contributed by atoms with van der Waals surface area (Å²) in [6, 6.07) is 2.16. The van der Waals surface area contributed by atoms with Gasteiger partial charge in [0.05, 0.1) is 5.57 Å². The van der Waals surface area contributed by atoms with Gasteiger partial charge in [-0.05, 0) is 11.3 Å². The Morgan fingerprint density at radius 2 is 2.14 bits per heavy atom. The van der Waals surface area contributed by atoms with Crippen molar-refractivity contribution in [1.82, 2.24) is 0 Å². The van der Waals surface area contributed by atoms with Crippen molar-refractivity contribution in [2.24, 2.45) is 23.0 Å². The van der Waals surface area contributed by atoms with Crippen LogP contribution in [0.15, 0.2) is 22.8 Å². The van der Waals surface area contributed by atoms with Gasteiger partial charge in [0, 0.05) is 24.3 Å². The summed E-state index contributed by atoms with van der Waals surface area (Å²) in [4.78, 5) is 12.6. The molecule has 4 nitrogen and oxygen atoms in total. The molecule has 1 heterocycles. The van der Waals surface area contributed by atoms with E-state index in [4.69, 9.17) is 10.5 Å². The molecule has 2 rings (SSSR count). The van der Waals surface area contributed by atoms with E-state index in [1.54, 1.807) is 0 Å². The summed E-state index contributed by atoms with van der Waals surface area (Å²) in [7, 11) is 0. The van der Waals surface area contributed by atoms with Crippen molar-refractivity contribution in [3.8, 4) is 6.07 Å². The third kappa shape index (κ3) is 2.83. The molecule has 0 fully saturated rings. The average molecular weight is 288 g/mol. The number of carbonyl (C=O) groups excluding carboxylic acids is 1. The summed E-state index contributed by atoms with van der Waals surface area (Å²) in [5, 5.41) is 9.43. The highest BCUT2D eigenvalue weighted by atomic mass is 16.5. The van der Waals surface area contributed by atoms with Gasteiger partial charge in [-0.15, -0.1) is 0 Å². The minimum atomic E-state index is -0.206. The number of allylic oxidation sites excluding steroid dienone is 3. The second-order valence-corrected chi connectivity index (χ2v) is 7.01. The summed E-state index contributed by atoms with van der Waals surface area (Å²) < 4.78 is 5.65. The van der Waals surface area contributed by atoms with E-state index in [-0.39, 0.29) is 28.9 Å². The first kappa shape index (κ1) is 15.6. The van der Waals surface area contributed by atoms with Crippen molar-refractivity contribution in [1.29, 1.82) is 5.26 Å². The van der Waals surface area contributed by atoms with Crippen LogP contribution < -0.4 is 5.73 Å². The van der Waals surface area contributed by atoms with Crippen LogP contribution in [0, 0.1) is 28.6 Å². The Labute approximate surface area is 126 Å². The maximum Gasteiger partial charge on any atom is 0.204 e. The molecule has 2 aliphatic rings. The summed E-state index contributed by atoms with van der Waals surface area (Å²) in [5.41, 5.74) is 6.95. The van der Waals surface area contributed by atoms with Gasteiger partial charge in [-0.3, -0.25) is 4.79 Å². The monoisotopic (exact) mass is 288 g/mol. The number of nitrogens with zero attached hydrogens (tertiary/aromatic N) is 1. The smallest absolute Gasteiger partial charge is 0.204 e. The first-order valence-electron chi connectivity index (χ1n) is 7.64. The average Bonchev–Trinajstić information content (AvgIpc) is 2.35. The number of carbonyl (C=O) groups is 1. The minimum Gasteiger partial charge on any atom is -0.444 e. The van der Waals surface area contributed by atoms with Gasteiger partial charge in [0.15, 0.2) is 5.78 Å². The van der Waals surface area contributed by atoms with E-state index < -0.39 is 0 Å². The third-order valence-electron chi connectivity index (χ3n) is 4.43. The molecule has 0 aromatic rings. The highest BCUT2D eigenvalue weighted by Gasteiger charge is 2.43. The molecule has 0 amide bonds. The Hall–Kier alpha value is -1.76. The predicted molar refractivity (Wildman–Crippen MR) is 80.5 cm³/mol. The number of Topliss-reactive ketones (excluding diaryl/α,β-unsaturated/α-hetero) is 1. The Bertz CT molecular complexity index is 564. The van der Waals surface area contributed by atoms with Crippen LogP contribution in [0.5, 0.6) is 0 Å². The molecule has 0 saturated heterocycles. The fraction of sp³-hybridized carbons (Fsp3) is 0.647. The van der Waals surface area contributed by atoms with Crippen LogP contribution in [-0.4, -0.2) is 5.78 Å². The quantitative estimate of drug-likeness (QED) is 0.863. The predicted octanol–water partition coefficient (Wildman–Crippen LogP) is 3.41. The number of ether oxygens (including phenoxy) is 1. The number of nitriles is 1. The number of rotatable bonds is 3. The van der Waals surface area contributed by atoms with Gasteiger partial charge in [-0.25, -0.2) is 0 Å². The molecule has 2 atom stereocenters. The van der Waals surface area contributed by atoms with Crippen LogP contribution in [0.1, 0.15) is 53.4 Å². The summed E-state index contributed by atoms with van der Waals surface area (Å²) in [6.07, 6.45) is 3.17. The SMILES string of the molecule is CCC[C@@H](C)[C@H]1C(C#N)=C(N)OC2=C1C(=O)CC(C)(C)C2. The number of ketones is 1. The maximum absolute atomic E-state index is 12.6. The van der Waals surface area contributed by atoms with Crippen LogP contribution in [0.4, 0.5) is 0 Å². The normalized spacial score (nSPS) is 26.0. The molecule has 1 aliphatic carbocycles. The van der Waals surface area contributed by atoms with E-state index in [9.17, 15) is 10.1 Å². The van der Waals surface area contributed by atoms with Gasteiger partial charge in [-0.1, -0.05) is 40.5 Å². The van der Waals surface area contributed by atoms with Crippen molar-refractivity contribution >= 4 is 5.78 Å². The molecule has 0 radical (unpaired) electrons. The number of hydrogen-bond acceptors (Lipinski definition) is 4. The molecule has 0 saturated carbocycles. The fourth-order valence-corrected chi connectivity index (χ4v) is 3.52. The highest BCUT2D eigenvalue weighted by molar-refractivity contribution is 5.98. The molecule has 0 aromatic heterocycles. The van der Waals surface area contributed by atoms with E-state index in [2.05, 4.69) is 33.8 Å². The van der Waals surface area contributed by atoms with Crippen LogP contribution in [0.3, 0.4) is 0 Å². The van der Waals surface area contributed by atoms with E-state index in [0.717, 1.165) is 12.8 Å². The Morgan fingerprint density at radius 1 is 1.48 bits per heavy atom. The topological polar surface area (TPSA) is 76.1 Å². The summed E-state index contributed by atoms with van der Waals surface area (Å²) in [5.74, 6) is 0.967. The molecule has 0 unspecified atom stereocenters. The van der Waals surface area contributed by atoms with E-state index >= 15 is 0 Å². The van der Waals surface area contributed by atoms with Gasteiger partial charge in [0.1, 0.15) is 11.8 Å².